The van der Waals surface area contributed by atoms with Gasteiger partial charge in [-0.25, -0.2) is 0 Å². The van der Waals surface area contributed by atoms with Crippen LogP contribution in [0.5, 0.6) is 5.75 Å². The standard InChI is InChI=1S/C21H21Cl2NO6/c1-11-5-6-15(30-11)17-16(19(26)21(27)24(17)7-4-8-28-2)18(25)13-9-12(22)10-14(23)20(13)29-3/h5-6,9-10,17,25H,4,7-8H2,1-3H3/b18-16+. The summed E-state index contributed by atoms with van der Waals surface area (Å²) in [6, 6.07) is 5.37. The summed E-state index contributed by atoms with van der Waals surface area (Å²) in [6.07, 6.45) is 0.506. The Kier molecular flexibility index (Phi) is 6.75. The van der Waals surface area contributed by atoms with Crippen LogP contribution < -0.4 is 4.74 Å². The van der Waals surface area contributed by atoms with E-state index in [1.54, 1.807) is 26.2 Å². The summed E-state index contributed by atoms with van der Waals surface area (Å²) in [7, 11) is 2.93. The van der Waals surface area contributed by atoms with E-state index in [-0.39, 0.29) is 33.5 Å². The highest BCUT2D eigenvalue weighted by Gasteiger charge is 2.47. The van der Waals surface area contributed by atoms with E-state index in [1.807, 2.05) is 0 Å². The number of ketones is 1. The minimum atomic E-state index is -0.905. The molecule has 0 saturated carbocycles. The van der Waals surface area contributed by atoms with Gasteiger partial charge in [0.15, 0.2) is 0 Å². The van der Waals surface area contributed by atoms with Gasteiger partial charge in [0, 0.05) is 25.3 Å². The Hall–Kier alpha value is -2.48. The molecule has 1 unspecified atom stereocenters. The van der Waals surface area contributed by atoms with Gasteiger partial charge < -0.3 is 23.9 Å². The predicted molar refractivity (Wildman–Crippen MR) is 112 cm³/mol. The number of rotatable bonds is 7. The van der Waals surface area contributed by atoms with Crippen molar-refractivity contribution in [3.63, 3.8) is 0 Å². The van der Waals surface area contributed by atoms with Crippen molar-refractivity contribution in [2.75, 3.05) is 27.4 Å². The van der Waals surface area contributed by atoms with Gasteiger partial charge in [0.2, 0.25) is 0 Å². The zero-order chi connectivity index (χ0) is 22.0. The Morgan fingerprint density at radius 2 is 1.97 bits per heavy atom. The summed E-state index contributed by atoms with van der Waals surface area (Å²) in [5.74, 6) is -0.907. The summed E-state index contributed by atoms with van der Waals surface area (Å²) in [4.78, 5) is 27.1. The number of halogens is 2. The maximum atomic E-state index is 12.9. The lowest BCUT2D eigenvalue weighted by Gasteiger charge is -2.23. The maximum absolute atomic E-state index is 12.9. The van der Waals surface area contributed by atoms with E-state index >= 15 is 0 Å². The number of carbonyl (C=O) groups is 2. The van der Waals surface area contributed by atoms with Crippen molar-refractivity contribution in [2.45, 2.75) is 19.4 Å². The van der Waals surface area contributed by atoms with Crippen LogP contribution in [0.3, 0.4) is 0 Å². The molecule has 160 valence electrons. The third-order valence-electron chi connectivity index (χ3n) is 4.79. The van der Waals surface area contributed by atoms with Crippen LogP contribution in [0.15, 0.2) is 34.3 Å². The molecule has 1 saturated heterocycles. The van der Waals surface area contributed by atoms with Gasteiger partial charge in [-0.2, -0.15) is 0 Å². The first-order chi connectivity index (χ1) is 14.3. The van der Waals surface area contributed by atoms with E-state index < -0.39 is 23.5 Å². The number of nitrogens with zero attached hydrogens (tertiary/aromatic N) is 1. The van der Waals surface area contributed by atoms with Crippen molar-refractivity contribution < 1.29 is 28.6 Å². The minimum absolute atomic E-state index is 0.109. The van der Waals surface area contributed by atoms with Gasteiger partial charge in [0.25, 0.3) is 11.7 Å². The minimum Gasteiger partial charge on any atom is -0.507 e. The third-order valence-corrected chi connectivity index (χ3v) is 5.28. The van der Waals surface area contributed by atoms with Crippen molar-refractivity contribution in [1.82, 2.24) is 4.90 Å². The molecule has 0 radical (unpaired) electrons. The highest BCUT2D eigenvalue weighted by molar-refractivity contribution is 6.46. The molecule has 2 heterocycles. The number of hydrogen-bond acceptors (Lipinski definition) is 6. The second kappa shape index (κ2) is 9.12. The number of carbonyl (C=O) groups excluding carboxylic acids is 2. The number of aliphatic hydroxyl groups excluding tert-OH is 1. The number of aliphatic hydroxyl groups is 1. The third kappa shape index (κ3) is 4.05. The Morgan fingerprint density at radius 3 is 2.57 bits per heavy atom. The fraction of sp³-hybridized carbons (Fsp3) is 0.333. The SMILES string of the molecule is COCCCN1C(=O)C(=O)/C(=C(/O)c2cc(Cl)cc(Cl)c2OC)C1c1ccc(C)o1. The Labute approximate surface area is 183 Å². The highest BCUT2D eigenvalue weighted by atomic mass is 35.5. The van der Waals surface area contributed by atoms with Crippen LogP contribution in [-0.2, 0) is 14.3 Å². The van der Waals surface area contributed by atoms with Gasteiger partial charge in [0.1, 0.15) is 29.1 Å². The molecule has 1 aliphatic rings. The fourth-order valence-corrected chi connectivity index (χ4v) is 4.05. The zero-order valence-corrected chi connectivity index (χ0v) is 18.2. The van der Waals surface area contributed by atoms with Crippen molar-refractivity contribution in [3.8, 4) is 5.75 Å². The van der Waals surface area contributed by atoms with E-state index in [0.717, 1.165) is 0 Å². The van der Waals surface area contributed by atoms with E-state index in [9.17, 15) is 14.7 Å². The number of amides is 1. The molecule has 1 aromatic heterocycles. The average molecular weight is 454 g/mol. The number of likely N-dealkylation sites (tertiary alicyclic amines) is 1. The molecule has 1 aliphatic heterocycles. The molecule has 1 amide bonds. The molecule has 9 heteroatoms. The molecule has 1 N–H and O–H groups in total. The van der Waals surface area contributed by atoms with Crippen LogP contribution >= 0.6 is 23.2 Å². The van der Waals surface area contributed by atoms with Gasteiger partial charge in [-0.15, -0.1) is 0 Å². The first kappa shape index (κ1) is 22.2. The van der Waals surface area contributed by atoms with Crippen LogP contribution in [-0.4, -0.2) is 49.1 Å². The normalized spacial score (nSPS) is 18.3. The van der Waals surface area contributed by atoms with Crippen LogP contribution in [0.1, 0.15) is 29.5 Å². The zero-order valence-electron chi connectivity index (χ0n) is 16.7. The fourth-order valence-electron chi connectivity index (χ4n) is 3.47. The Balaban J connectivity index is 2.20. The lowest BCUT2D eigenvalue weighted by Crippen LogP contribution is -2.31. The quantitative estimate of drug-likeness (QED) is 0.290. The molecule has 3 rings (SSSR count). The molecular weight excluding hydrogens is 433 g/mol. The van der Waals surface area contributed by atoms with Gasteiger partial charge in [-0.05, 0) is 37.6 Å². The number of hydrogen-bond donors (Lipinski definition) is 1. The number of Topliss-reactive ketones (excluding diaryl/α,β-unsaturated/α-hetero) is 1. The molecule has 1 aromatic carbocycles. The summed E-state index contributed by atoms with van der Waals surface area (Å²) in [6.45, 7) is 2.40. The maximum Gasteiger partial charge on any atom is 0.295 e. The number of methoxy groups -OCH3 is 2. The summed E-state index contributed by atoms with van der Waals surface area (Å²) in [5.41, 5.74) is -0.0124. The van der Waals surface area contributed by atoms with Gasteiger partial charge in [0.05, 0.1) is 23.3 Å². The second-order valence-electron chi connectivity index (χ2n) is 6.76. The average Bonchev–Trinajstić information content (AvgIpc) is 3.23. The number of aryl methyl sites for hydroxylation is 1. The van der Waals surface area contributed by atoms with Crippen molar-refractivity contribution in [3.05, 3.63) is 57.0 Å². The van der Waals surface area contributed by atoms with Crippen molar-refractivity contribution in [1.29, 1.82) is 0 Å². The van der Waals surface area contributed by atoms with E-state index in [1.165, 1.54) is 24.1 Å². The van der Waals surface area contributed by atoms with Crippen LogP contribution in [0.4, 0.5) is 0 Å². The molecule has 0 bridgehead atoms. The Bertz CT molecular complexity index is 1010. The molecule has 2 aromatic rings. The first-order valence-corrected chi connectivity index (χ1v) is 9.92. The summed E-state index contributed by atoms with van der Waals surface area (Å²) < 4.78 is 16.1. The number of benzene rings is 1. The van der Waals surface area contributed by atoms with Crippen molar-refractivity contribution >= 4 is 40.7 Å². The molecular formula is C21H21Cl2NO6. The number of ether oxygens (including phenoxy) is 2. The molecule has 7 nitrogen and oxygen atoms in total. The molecule has 1 fully saturated rings. The molecule has 1 atom stereocenters. The van der Waals surface area contributed by atoms with E-state index in [4.69, 9.17) is 37.1 Å². The lowest BCUT2D eigenvalue weighted by atomic mass is 9.98. The molecule has 30 heavy (non-hydrogen) atoms. The predicted octanol–water partition coefficient (Wildman–Crippen LogP) is 4.36. The van der Waals surface area contributed by atoms with Crippen LogP contribution in [0.2, 0.25) is 10.0 Å². The van der Waals surface area contributed by atoms with Crippen molar-refractivity contribution in [2.24, 2.45) is 0 Å². The van der Waals surface area contributed by atoms with Crippen LogP contribution in [0, 0.1) is 6.92 Å². The first-order valence-electron chi connectivity index (χ1n) is 9.17. The monoisotopic (exact) mass is 453 g/mol. The summed E-state index contributed by atoms with van der Waals surface area (Å²) in [5, 5.41) is 11.5. The lowest BCUT2D eigenvalue weighted by molar-refractivity contribution is -0.140. The van der Waals surface area contributed by atoms with Gasteiger partial charge in [-0.1, -0.05) is 23.2 Å². The van der Waals surface area contributed by atoms with Gasteiger partial charge >= 0.3 is 0 Å². The Morgan fingerprint density at radius 1 is 1.23 bits per heavy atom. The molecule has 0 aliphatic carbocycles. The van der Waals surface area contributed by atoms with E-state index in [0.29, 0.717) is 24.5 Å². The van der Waals surface area contributed by atoms with Gasteiger partial charge in [-0.3, -0.25) is 9.59 Å². The smallest absolute Gasteiger partial charge is 0.295 e. The molecule has 0 spiro atoms. The van der Waals surface area contributed by atoms with Crippen LogP contribution in [0.25, 0.3) is 5.76 Å². The second-order valence-corrected chi connectivity index (χ2v) is 7.60. The summed E-state index contributed by atoms with van der Waals surface area (Å²) >= 11 is 12.3. The largest absolute Gasteiger partial charge is 0.507 e. The topological polar surface area (TPSA) is 89.2 Å². The highest BCUT2D eigenvalue weighted by Crippen LogP contribution is 2.43. The van der Waals surface area contributed by atoms with E-state index in [2.05, 4.69) is 0 Å². The number of furan rings is 1.